The van der Waals surface area contributed by atoms with Crippen LogP contribution in [0.15, 0.2) is 34.7 Å². The minimum absolute atomic E-state index is 0.101. The van der Waals surface area contributed by atoms with Gasteiger partial charge in [0, 0.05) is 24.9 Å². The minimum atomic E-state index is -0.777. The number of piperidine rings is 1. The van der Waals surface area contributed by atoms with E-state index in [9.17, 15) is 9.59 Å². The number of para-hydroxylation sites is 1. The maximum absolute atomic E-state index is 12.6. The van der Waals surface area contributed by atoms with Gasteiger partial charge in [-0.05, 0) is 37.3 Å². The number of nitrogens with zero attached hydrogens (tertiary/aromatic N) is 1. The van der Waals surface area contributed by atoms with Gasteiger partial charge in [0.1, 0.15) is 5.58 Å². The summed E-state index contributed by atoms with van der Waals surface area (Å²) in [6, 6.07) is 9.33. The lowest BCUT2D eigenvalue weighted by Crippen LogP contribution is -2.39. The van der Waals surface area contributed by atoms with Gasteiger partial charge in [-0.25, -0.2) is 0 Å². The van der Waals surface area contributed by atoms with Gasteiger partial charge in [-0.1, -0.05) is 18.2 Å². The molecule has 1 amide bonds. The number of hydrogen-bond donors (Lipinski definition) is 1. The lowest BCUT2D eigenvalue weighted by atomic mass is 9.93. The molecule has 1 atom stereocenters. The molecule has 2 aromatic rings. The van der Waals surface area contributed by atoms with Crippen LogP contribution in [0.25, 0.3) is 11.0 Å². The average Bonchev–Trinajstić information content (AvgIpc) is 2.96. The van der Waals surface area contributed by atoms with Gasteiger partial charge < -0.3 is 14.4 Å². The van der Waals surface area contributed by atoms with E-state index in [-0.39, 0.29) is 18.2 Å². The predicted octanol–water partition coefficient (Wildman–Crippen LogP) is 3.15. The normalized spacial score (nSPS) is 18.5. The fraction of sp³-hybridized carbons (Fsp3) is 0.412. The van der Waals surface area contributed by atoms with Crippen LogP contribution >= 0.6 is 0 Å². The van der Waals surface area contributed by atoms with Gasteiger partial charge >= 0.3 is 5.97 Å². The Morgan fingerprint density at radius 3 is 2.91 bits per heavy atom. The van der Waals surface area contributed by atoms with Gasteiger partial charge in [-0.2, -0.15) is 0 Å². The van der Waals surface area contributed by atoms with Crippen molar-refractivity contribution in [2.24, 2.45) is 5.92 Å². The number of aliphatic carboxylic acids is 1. The quantitative estimate of drug-likeness (QED) is 0.941. The number of likely N-dealkylation sites (tertiary alicyclic amines) is 1. The number of amides is 1. The molecular formula is C17H19NO4. The summed E-state index contributed by atoms with van der Waals surface area (Å²) in [7, 11) is 0. The van der Waals surface area contributed by atoms with Crippen molar-refractivity contribution < 1.29 is 19.1 Å². The van der Waals surface area contributed by atoms with Crippen LogP contribution in [0.5, 0.6) is 0 Å². The molecule has 5 nitrogen and oxygen atoms in total. The number of carbonyl (C=O) groups excluding carboxylic acids is 1. The van der Waals surface area contributed by atoms with Crippen LogP contribution in [0.3, 0.4) is 0 Å². The van der Waals surface area contributed by atoms with Crippen LogP contribution in [-0.4, -0.2) is 35.0 Å². The van der Waals surface area contributed by atoms with Crippen LogP contribution in [0, 0.1) is 5.92 Å². The Balaban J connectivity index is 1.69. The molecule has 116 valence electrons. The van der Waals surface area contributed by atoms with Crippen molar-refractivity contribution in [3.8, 4) is 0 Å². The maximum atomic E-state index is 12.6. The second kappa shape index (κ2) is 6.22. The zero-order chi connectivity index (χ0) is 15.5. The highest BCUT2D eigenvalue weighted by molar-refractivity contribution is 5.96. The number of carboxylic acids is 1. The SMILES string of the molecule is O=C(O)CCC1CCCN(C(=O)c2cc3ccccc3o2)C1. The second-order valence-electron chi connectivity index (χ2n) is 5.84. The fourth-order valence-corrected chi connectivity index (χ4v) is 3.06. The molecule has 1 aliphatic rings. The number of carbonyl (C=O) groups is 2. The van der Waals surface area contributed by atoms with Crippen LogP contribution in [0.1, 0.15) is 36.2 Å². The molecule has 1 aliphatic heterocycles. The highest BCUT2D eigenvalue weighted by Gasteiger charge is 2.26. The van der Waals surface area contributed by atoms with Crippen molar-refractivity contribution in [3.63, 3.8) is 0 Å². The molecule has 3 rings (SSSR count). The number of carboxylic acid groups (broad SMARTS) is 1. The Labute approximate surface area is 128 Å². The monoisotopic (exact) mass is 301 g/mol. The molecule has 22 heavy (non-hydrogen) atoms. The summed E-state index contributed by atoms with van der Waals surface area (Å²) in [5, 5.41) is 9.70. The minimum Gasteiger partial charge on any atom is -0.481 e. The lowest BCUT2D eigenvalue weighted by Gasteiger charge is -2.32. The molecule has 1 N–H and O–H groups in total. The highest BCUT2D eigenvalue weighted by atomic mass is 16.4. The number of rotatable bonds is 4. The summed E-state index contributed by atoms with van der Waals surface area (Å²) in [6.45, 7) is 1.32. The maximum Gasteiger partial charge on any atom is 0.303 e. The van der Waals surface area contributed by atoms with Crippen LogP contribution in [-0.2, 0) is 4.79 Å². The Hall–Kier alpha value is -2.30. The van der Waals surface area contributed by atoms with Crippen molar-refractivity contribution in [3.05, 3.63) is 36.1 Å². The van der Waals surface area contributed by atoms with Crippen molar-refractivity contribution in [1.82, 2.24) is 4.90 Å². The van der Waals surface area contributed by atoms with Gasteiger partial charge in [0.05, 0.1) is 0 Å². The van der Waals surface area contributed by atoms with E-state index >= 15 is 0 Å². The van der Waals surface area contributed by atoms with Crippen molar-refractivity contribution >= 4 is 22.8 Å². The summed E-state index contributed by atoms with van der Waals surface area (Å²) in [5.41, 5.74) is 0.713. The first-order valence-electron chi connectivity index (χ1n) is 7.63. The van der Waals surface area contributed by atoms with Gasteiger partial charge in [-0.3, -0.25) is 9.59 Å². The Bertz CT molecular complexity index is 658. The zero-order valence-electron chi connectivity index (χ0n) is 12.3. The Kier molecular flexibility index (Phi) is 4.13. The summed E-state index contributed by atoms with van der Waals surface area (Å²) in [5.74, 6) is -0.254. The molecule has 1 unspecified atom stereocenters. The van der Waals surface area contributed by atoms with Crippen LogP contribution < -0.4 is 0 Å². The third kappa shape index (κ3) is 3.13. The van der Waals surface area contributed by atoms with E-state index in [1.54, 1.807) is 11.0 Å². The van der Waals surface area contributed by atoms with Gasteiger partial charge in [0.25, 0.3) is 5.91 Å². The summed E-state index contributed by atoms with van der Waals surface area (Å²) < 4.78 is 5.63. The number of hydrogen-bond acceptors (Lipinski definition) is 3. The third-order valence-electron chi connectivity index (χ3n) is 4.21. The standard InChI is InChI=1S/C17H19NO4/c19-16(20)8-7-12-4-3-9-18(11-12)17(21)15-10-13-5-1-2-6-14(13)22-15/h1-2,5-6,10,12H,3-4,7-9,11H2,(H,19,20). The number of furan rings is 1. The molecule has 0 spiro atoms. The first-order valence-corrected chi connectivity index (χ1v) is 7.63. The molecule has 5 heteroatoms. The Morgan fingerprint density at radius 2 is 2.14 bits per heavy atom. The van der Waals surface area contributed by atoms with Gasteiger partial charge in [-0.15, -0.1) is 0 Å². The van der Waals surface area contributed by atoms with Crippen molar-refractivity contribution in [1.29, 1.82) is 0 Å². The predicted molar refractivity (Wildman–Crippen MR) is 81.7 cm³/mol. The van der Waals surface area contributed by atoms with E-state index in [1.807, 2.05) is 24.3 Å². The topological polar surface area (TPSA) is 70.8 Å². The third-order valence-corrected chi connectivity index (χ3v) is 4.21. The summed E-state index contributed by atoms with van der Waals surface area (Å²) in [4.78, 5) is 25.0. The van der Waals surface area contributed by atoms with Gasteiger partial charge in [0.2, 0.25) is 0 Å². The number of fused-ring (bicyclic) bond motifs is 1. The van der Waals surface area contributed by atoms with E-state index in [0.717, 1.165) is 18.2 Å². The molecular weight excluding hydrogens is 282 g/mol. The Morgan fingerprint density at radius 1 is 1.32 bits per heavy atom. The number of benzene rings is 1. The summed E-state index contributed by atoms with van der Waals surface area (Å²) in [6.07, 6.45) is 2.68. The average molecular weight is 301 g/mol. The van der Waals surface area contributed by atoms with Crippen LogP contribution in [0.4, 0.5) is 0 Å². The lowest BCUT2D eigenvalue weighted by molar-refractivity contribution is -0.137. The molecule has 1 fully saturated rings. The van der Waals surface area contributed by atoms with Crippen molar-refractivity contribution in [2.45, 2.75) is 25.7 Å². The summed E-state index contributed by atoms with van der Waals surface area (Å²) >= 11 is 0. The first kappa shape index (κ1) is 14.6. The smallest absolute Gasteiger partial charge is 0.303 e. The molecule has 0 bridgehead atoms. The fourth-order valence-electron chi connectivity index (χ4n) is 3.06. The van der Waals surface area contributed by atoms with Crippen LogP contribution in [0.2, 0.25) is 0 Å². The first-order chi connectivity index (χ1) is 10.6. The molecule has 0 aliphatic carbocycles. The van der Waals surface area contributed by atoms with E-state index in [2.05, 4.69) is 0 Å². The molecule has 1 aromatic carbocycles. The zero-order valence-corrected chi connectivity index (χ0v) is 12.3. The van der Waals surface area contributed by atoms with E-state index in [1.165, 1.54) is 0 Å². The molecule has 0 radical (unpaired) electrons. The molecule has 1 saturated heterocycles. The van der Waals surface area contributed by atoms with E-state index < -0.39 is 5.97 Å². The molecule has 0 saturated carbocycles. The van der Waals surface area contributed by atoms with E-state index in [4.69, 9.17) is 9.52 Å². The molecule has 1 aromatic heterocycles. The van der Waals surface area contributed by atoms with Gasteiger partial charge in [0.15, 0.2) is 5.76 Å². The van der Waals surface area contributed by atoms with E-state index in [0.29, 0.717) is 30.9 Å². The highest BCUT2D eigenvalue weighted by Crippen LogP contribution is 2.25. The van der Waals surface area contributed by atoms with Crippen molar-refractivity contribution in [2.75, 3.05) is 13.1 Å². The molecule has 2 heterocycles. The second-order valence-corrected chi connectivity index (χ2v) is 5.84. The largest absolute Gasteiger partial charge is 0.481 e.